The summed E-state index contributed by atoms with van der Waals surface area (Å²) in [5.74, 6) is 0.216. The Morgan fingerprint density at radius 3 is 2.45 bits per heavy atom. The summed E-state index contributed by atoms with van der Waals surface area (Å²) in [5.41, 5.74) is 6.62. The third-order valence-electron chi connectivity index (χ3n) is 3.70. The summed E-state index contributed by atoms with van der Waals surface area (Å²) in [7, 11) is 1.32. The Balaban J connectivity index is 1.81. The molecule has 0 bridgehead atoms. The van der Waals surface area contributed by atoms with Crippen molar-refractivity contribution in [1.29, 1.82) is 0 Å². The number of rotatable bonds is 6. The molecule has 2 N–H and O–H groups in total. The van der Waals surface area contributed by atoms with E-state index in [-0.39, 0.29) is 12.5 Å². The lowest BCUT2D eigenvalue weighted by atomic mass is 10.1. The van der Waals surface area contributed by atoms with Gasteiger partial charge in [-0.05, 0) is 37.0 Å². The maximum absolute atomic E-state index is 11.9. The van der Waals surface area contributed by atoms with Crippen LogP contribution in [-0.4, -0.2) is 49.6 Å². The molecule has 1 heterocycles. The van der Waals surface area contributed by atoms with Crippen molar-refractivity contribution < 1.29 is 19.1 Å². The van der Waals surface area contributed by atoms with E-state index in [2.05, 4.69) is 4.74 Å². The van der Waals surface area contributed by atoms with Gasteiger partial charge in [0.2, 0.25) is 0 Å². The minimum Gasteiger partial charge on any atom is -0.484 e. The summed E-state index contributed by atoms with van der Waals surface area (Å²) >= 11 is 0. The second-order valence-corrected chi connectivity index (χ2v) is 5.35. The summed E-state index contributed by atoms with van der Waals surface area (Å²) in [6.07, 6.45) is 2.54. The van der Waals surface area contributed by atoms with Crippen molar-refractivity contribution in [3.8, 4) is 5.75 Å². The predicted molar refractivity (Wildman–Crippen MR) is 81.4 cm³/mol. The first-order valence-corrected chi connectivity index (χ1v) is 7.43. The van der Waals surface area contributed by atoms with Crippen molar-refractivity contribution in [2.45, 2.75) is 25.3 Å². The molecule has 1 aliphatic heterocycles. The number of nitrogens with zero attached hydrogens (tertiary/aromatic N) is 1. The molecule has 6 heteroatoms. The molecule has 1 aromatic rings. The van der Waals surface area contributed by atoms with Gasteiger partial charge in [-0.1, -0.05) is 12.1 Å². The van der Waals surface area contributed by atoms with Gasteiger partial charge in [0.1, 0.15) is 11.8 Å². The molecule has 1 aliphatic rings. The lowest BCUT2D eigenvalue weighted by Crippen LogP contribution is -2.33. The van der Waals surface area contributed by atoms with Gasteiger partial charge in [0.05, 0.1) is 7.11 Å². The Bertz CT molecular complexity index is 509. The highest BCUT2D eigenvalue weighted by Crippen LogP contribution is 2.14. The van der Waals surface area contributed by atoms with E-state index < -0.39 is 12.0 Å². The molecular weight excluding hydrogens is 284 g/mol. The zero-order chi connectivity index (χ0) is 15.9. The van der Waals surface area contributed by atoms with Crippen molar-refractivity contribution in [3.05, 3.63) is 29.8 Å². The van der Waals surface area contributed by atoms with Gasteiger partial charge in [0.15, 0.2) is 6.61 Å². The maximum atomic E-state index is 11.9. The molecule has 1 atom stereocenters. The largest absolute Gasteiger partial charge is 0.484 e. The normalized spacial score (nSPS) is 15.5. The van der Waals surface area contributed by atoms with Crippen molar-refractivity contribution in [2.75, 3.05) is 26.8 Å². The van der Waals surface area contributed by atoms with Gasteiger partial charge >= 0.3 is 5.97 Å². The molecule has 6 nitrogen and oxygen atoms in total. The van der Waals surface area contributed by atoms with Crippen LogP contribution in [0.2, 0.25) is 0 Å². The first-order chi connectivity index (χ1) is 10.6. The number of hydrogen-bond acceptors (Lipinski definition) is 5. The van der Waals surface area contributed by atoms with Crippen LogP contribution in [0.1, 0.15) is 18.4 Å². The highest BCUT2D eigenvalue weighted by Gasteiger charge is 2.18. The van der Waals surface area contributed by atoms with Crippen molar-refractivity contribution in [1.82, 2.24) is 4.90 Å². The summed E-state index contributed by atoms with van der Waals surface area (Å²) in [5, 5.41) is 0. The molecule has 0 radical (unpaired) electrons. The van der Waals surface area contributed by atoms with Crippen LogP contribution in [0.15, 0.2) is 24.3 Å². The molecule has 1 unspecified atom stereocenters. The number of methoxy groups -OCH3 is 1. The van der Waals surface area contributed by atoms with Crippen molar-refractivity contribution in [3.63, 3.8) is 0 Å². The van der Waals surface area contributed by atoms with E-state index in [1.54, 1.807) is 12.1 Å². The smallest absolute Gasteiger partial charge is 0.322 e. The first-order valence-electron chi connectivity index (χ1n) is 7.43. The highest BCUT2D eigenvalue weighted by atomic mass is 16.5. The molecule has 0 aliphatic carbocycles. The molecule has 1 fully saturated rings. The average Bonchev–Trinajstić information content (AvgIpc) is 3.07. The van der Waals surface area contributed by atoms with Gasteiger partial charge in [0.25, 0.3) is 5.91 Å². The number of carbonyl (C=O) groups excluding carboxylic acids is 2. The molecule has 1 aromatic carbocycles. The van der Waals surface area contributed by atoms with Crippen LogP contribution in [0.25, 0.3) is 0 Å². The first kappa shape index (κ1) is 16.3. The van der Waals surface area contributed by atoms with E-state index >= 15 is 0 Å². The van der Waals surface area contributed by atoms with Crippen LogP contribution in [0.4, 0.5) is 0 Å². The standard InChI is InChI=1S/C16H22N2O4/c1-21-16(20)14(17)10-12-4-6-13(7-5-12)22-11-15(19)18-8-2-3-9-18/h4-7,14H,2-3,8-11,17H2,1H3. The summed E-state index contributed by atoms with van der Waals surface area (Å²) < 4.78 is 10.1. The Hall–Kier alpha value is -2.08. The van der Waals surface area contributed by atoms with Gasteiger partial charge in [-0.2, -0.15) is 0 Å². The third kappa shape index (κ3) is 4.46. The Morgan fingerprint density at radius 2 is 1.86 bits per heavy atom. The SMILES string of the molecule is COC(=O)C(N)Cc1ccc(OCC(=O)N2CCCC2)cc1. The van der Waals surface area contributed by atoms with Crippen LogP contribution in [-0.2, 0) is 20.7 Å². The van der Waals surface area contributed by atoms with E-state index in [0.29, 0.717) is 12.2 Å². The number of hydrogen-bond donors (Lipinski definition) is 1. The summed E-state index contributed by atoms with van der Waals surface area (Å²) in [4.78, 5) is 25.0. The van der Waals surface area contributed by atoms with Gasteiger partial charge in [0, 0.05) is 13.1 Å². The minimum atomic E-state index is -0.673. The predicted octanol–water partition coefficient (Wildman–Crippen LogP) is 0.731. The quantitative estimate of drug-likeness (QED) is 0.784. The lowest BCUT2D eigenvalue weighted by Gasteiger charge is -2.15. The van der Waals surface area contributed by atoms with E-state index in [0.717, 1.165) is 31.5 Å². The Morgan fingerprint density at radius 1 is 1.23 bits per heavy atom. The molecule has 2 rings (SSSR count). The lowest BCUT2D eigenvalue weighted by molar-refractivity contribution is -0.142. The molecule has 22 heavy (non-hydrogen) atoms. The van der Waals surface area contributed by atoms with E-state index in [9.17, 15) is 9.59 Å². The number of amides is 1. The molecular formula is C16H22N2O4. The molecule has 120 valence electrons. The van der Waals surface area contributed by atoms with Gasteiger partial charge in [-0.15, -0.1) is 0 Å². The van der Waals surface area contributed by atoms with E-state index in [1.807, 2.05) is 17.0 Å². The second-order valence-electron chi connectivity index (χ2n) is 5.35. The second kappa shape index (κ2) is 7.79. The molecule has 0 aromatic heterocycles. The number of esters is 1. The van der Waals surface area contributed by atoms with E-state index in [4.69, 9.17) is 10.5 Å². The number of likely N-dealkylation sites (tertiary alicyclic amines) is 1. The van der Waals surface area contributed by atoms with Gasteiger partial charge < -0.3 is 20.1 Å². The van der Waals surface area contributed by atoms with E-state index in [1.165, 1.54) is 7.11 Å². The van der Waals surface area contributed by atoms with Gasteiger partial charge in [-0.25, -0.2) is 0 Å². The van der Waals surface area contributed by atoms with Crippen LogP contribution >= 0.6 is 0 Å². The zero-order valence-corrected chi connectivity index (χ0v) is 12.8. The molecule has 0 saturated carbocycles. The average molecular weight is 306 g/mol. The minimum absolute atomic E-state index is 0.0225. The number of carbonyl (C=O) groups is 2. The molecule has 0 spiro atoms. The van der Waals surface area contributed by atoms with Crippen molar-refractivity contribution in [2.24, 2.45) is 5.73 Å². The monoisotopic (exact) mass is 306 g/mol. The van der Waals surface area contributed by atoms with Crippen LogP contribution in [0.5, 0.6) is 5.75 Å². The fourth-order valence-electron chi connectivity index (χ4n) is 2.41. The molecule has 1 amide bonds. The fourth-order valence-corrected chi connectivity index (χ4v) is 2.41. The number of ether oxygens (including phenoxy) is 2. The van der Waals surface area contributed by atoms with Crippen LogP contribution < -0.4 is 10.5 Å². The third-order valence-corrected chi connectivity index (χ3v) is 3.70. The maximum Gasteiger partial charge on any atom is 0.322 e. The topological polar surface area (TPSA) is 81.9 Å². The highest BCUT2D eigenvalue weighted by molar-refractivity contribution is 5.78. The molecule has 1 saturated heterocycles. The summed E-state index contributed by atoms with van der Waals surface area (Å²) in [6.45, 7) is 1.71. The van der Waals surface area contributed by atoms with Crippen LogP contribution in [0.3, 0.4) is 0 Å². The van der Waals surface area contributed by atoms with Crippen LogP contribution in [0, 0.1) is 0 Å². The Labute approximate surface area is 130 Å². The number of benzene rings is 1. The fraction of sp³-hybridized carbons (Fsp3) is 0.500. The van der Waals surface area contributed by atoms with Gasteiger partial charge in [-0.3, -0.25) is 9.59 Å². The summed E-state index contributed by atoms with van der Waals surface area (Å²) in [6, 6.07) is 6.54. The number of nitrogens with two attached hydrogens (primary N) is 1. The van der Waals surface area contributed by atoms with Crippen molar-refractivity contribution >= 4 is 11.9 Å². The zero-order valence-electron chi connectivity index (χ0n) is 12.8. The Kier molecular flexibility index (Phi) is 5.77.